The Balaban J connectivity index is 1.75. The number of nitrogens with zero attached hydrogens (tertiary/aromatic N) is 1. The highest BCUT2D eigenvalue weighted by Gasteiger charge is 2.18. The van der Waals surface area contributed by atoms with Gasteiger partial charge in [-0.25, -0.2) is 5.43 Å². The number of carbonyl (C=O) groups excluding carboxylic acids is 1. The van der Waals surface area contributed by atoms with Gasteiger partial charge in [-0.2, -0.15) is 5.10 Å². The summed E-state index contributed by atoms with van der Waals surface area (Å²) in [5, 5.41) is 5.30. The molecule has 1 aromatic carbocycles. The zero-order valence-corrected chi connectivity index (χ0v) is 16.7. The monoisotopic (exact) mass is 394 g/mol. The van der Waals surface area contributed by atoms with E-state index in [4.69, 9.17) is 27.9 Å². The maximum Gasteiger partial charge on any atom is 0.240 e. The lowest BCUT2D eigenvalue weighted by atomic mass is 9.85. The Morgan fingerprint density at radius 3 is 2.88 bits per heavy atom. The summed E-state index contributed by atoms with van der Waals surface area (Å²) in [5.74, 6) is 0.825. The van der Waals surface area contributed by atoms with Gasteiger partial charge in [-0.1, -0.05) is 41.4 Å². The second kappa shape index (κ2) is 9.79. The van der Waals surface area contributed by atoms with Gasteiger partial charge in [0.1, 0.15) is 5.75 Å². The van der Waals surface area contributed by atoms with Crippen LogP contribution in [-0.4, -0.2) is 18.2 Å². The highest BCUT2D eigenvalue weighted by molar-refractivity contribution is 6.35. The SMILES string of the molecule is C=C(C)C1CC=C(C)/C(=N/NC(=O)CCCOc2ccc(Cl)cc2Cl)C1. The van der Waals surface area contributed by atoms with E-state index in [1.807, 2.05) is 13.8 Å². The predicted molar refractivity (Wildman–Crippen MR) is 108 cm³/mol. The summed E-state index contributed by atoms with van der Waals surface area (Å²) in [7, 11) is 0. The van der Waals surface area contributed by atoms with Crippen molar-refractivity contribution < 1.29 is 9.53 Å². The van der Waals surface area contributed by atoms with E-state index in [9.17, 15) is 4.79 Å². The summed E-state index contributed by atoms with van der Waals surface area (Å²) < 4.78 is 5.57. The fourth-order valence-corrected chi connectivity index (χ4v) is 3.08. The average molecular weight is 395 g/mol. The molecular weight excluding hydrogens is 371 g/mol. The first-order valence-electron chi connectivity index (χ1n) is 8.62. The molecule has 0 aliphatic heterocycles. The smallest absolute Gasteiger partial charge is 0.240 e. The molecule has 1 amide bonds. The lowest BCUT2D eigenvalue weighted by molar-refractivity contribution is -0.121. The number of nitrogens with one attached hydrogen (secondary N) is 1. The molecule has 0 heterocycles. The van der Waals surface area contributed by atoms with Gasteiger partial charge < -0.3 is 4.74 Å². The zero-order chi connectivity index (χ0) is 19.1. The summed E-state index contributed by atoms with van der Waals surface area (Å²) in [5.41, 5.74) is 5.82. The molecule has 6 heteroatoms. The van der Waals surface area contributed by atoms with Gasteiger partial charge >= 0.3 is 0 Å². The zero-order valence-electron chi connectivity index (χ0n) is 15.1. The van der Waals surface area contributed by atoms with Crippen LogP contribution in [0.25, 0.3) is 0 Å². The van der Waals surface area contributed by atoms with Crippen molar-refractivity contribution in [1.82, 2.24) is 5.43 Å². The molecule has 0 saturated heterocycles. The summed E-state index contributed by atoms with van der Waals surface area (Å²) in [6, 6.07) is 5.05. The minimum absolute atomic E-state index is 0.131. The fraction of sp³-hybridized carbons (Fsp3) is 0.400. The fourth-order valence-electron chi connectivity index (χ4n) is 2.62. The van der Waals surface area contributed by atoms with Crippen molar-refractivity contribution in [2.24, 2.45) is 11.0 Å². The summed E-state index contributed by atoms with van der Waals surface area (Å²) in [6.07, 6.45) is 4.85. The van der Waals surface area contributed by atoms with Crippen LogP contribution in [-0.2, 0) is 4.79 Å². The molecule has 1 atom stereocenters. The van der Waals surface area contributed by atoms with Crippen molar-refractivity contribution in [3.63, 3.8) is 0 Å². The largest absolute Gasteiger partial charge is 0.492 e. The summed E-state index contributed by atoms with van der Waals surface area (Å²) >= 11 is 11.9. The molecule has 140 valence electrons. The molecule has 0 saturated carbocycles. The van der Waals surface area contributed by atoms with Gasteiger partial charge in [0.2, 0.25) is 5.91 Å². The first-order valence-corrected chi connectivity index (χ1v) is 9.38. The number of hydrogen-bond donors (Lipinski definition) is 1. The maximum atomic E-state index is 12.0. The minimum Gasteiger partial charge on any atom is -0.492 e. The molecule has 0 radical (unpaired) electrons. The van der Waals surface area contributed by atoms with Crippen LogP contribution in [0, 0.1) is 5.92 Å². The maximum absolute atomic E-state index is 12.0. The van der Waals surface area contributed by atoms with Crippen LogP contribution < -0.4 is 10.2 Å². The van der Waals surface area contributed by atoms with Gasteiger partial charge in [0.05, 0.1) is 17.3 Å². The van der Waals surface area contributed by atoms with Gasteiger partial charge in [0, 0.05) is 11.4 Å². The standard InChI is InChI=1S/C20H24Cl2N2O2/c1-13(2)15-7-6-14(3)18(11-15)23-24-20(25)5-4-10-26-19-9-8-16(21)12-17(19)22/h6,8-9,12,15H,1,4-5,7,10-11H2,2-3H3,(H,24,25)/b23-18+. The van der Waals surface area contributed by atoms with Crippen molar-refractivity contribution in [1.29, 1.82) is 0 Å². The lowest BCUT2D eigenvalue weighted by Crippen LogP contribution is -2.23. The lowest BCUT2D eigenvalue weighted by Gasteiger charge is -2.22. The summed E-state index contributed by atoms with van der Waals surface area (Å²) in [4.78, 5) is 12.0. The van der Waals surface area contributed by atoms with Gasteiger partial charge in [-0.3, -0.25) is 4.79 Å². The number of amides is 1. The minimum atomic E-state index is -0.131. The Morgan fingerprint density at radius 2 is 2.19 bits per heavy atom. The third-order valence-corrected chi connectivity index (χ3v) is 4.85. The molecule has 1 aromatic rings. The second-order valence-electron chi connectivity index (χ2n) is 6.49. The molecule has 0 fully saturated rings. The average Bonchev–Trinajstić information content (AvgIpc) is 2.59. The van der Waals surface area contributed by atoms with E-state index in [0.29, 0.717) is 41.2 Å². The Hall–Kier alpha value is -1.78. The number of benzene rings is 1. The number of halogens is 2. The molecule has 0 spiro atoms. The van der Waals surface area contributed by atoms with E-state index < -0.39 is 0 Å². The number of carbonyl (C=O) groups is 1. The highest BCUT2D eigenvalue weighted by Crippen LogP contribution is 2.28. The molecule has 4 nitrogen and oxygen atoms in total. The number of allylic oxidation sites excluding steroid dienone is 3. The molecule has 0 aromatic heterocycles. The molecule has 1 N–H and O–H groups in total. The Labute approximate surface area is 164 Å². The van der Waals surface area contributed by atoms with Gasteiger partial charge in [0.15, 0.2) is 0 Å². The number of hydrazone groups is 1. The van der Waals surface area contributed by atoms with E-state index in [-0.39, 0.29) is 5.91 Å². The van der Waals surface area contributed by atoms with Gasteiger partial charge in [-0.05, 0) is 62.8 Å². The van der Waals surface area contributed by atoms with Crippen LogP contribution in [0.3, 0.4) is 0 Å². The molecular formula is C20H24Cl2N2O2. The van der Waals surface area contributed by atoms with E-state index >= 15 is 0 Å². The Bertz CT molecular complexity index is 741. The Morgan fingerprint density at radius 1 is 1.42 bits per heavy atom. The van der Waals surface area contributed by atoms with Crippen molar-refractivity contribution in [2.75, 3.05) is 6.61 Å². The van der Waals surface area contributed by atoms with Crippen molar-refractivity contribution in [3.8, 4) is 5.75 Å². The second-order valence-corrected chi connectivity index (χ2v) is 7.33. The normalized spacial score (nSPS) is 18.4. The van der Waals surface area contributed by atoms with Crippen LogP contribution in [0.5, 0.6) is 5.75 Å². The van der Waals surface area contributed by atoms with Crippen LogP contribution in [0.1, 0.15) is 39.5 Å². The molecule has 2 rings (SSSR count). The Kier molecular flexibility index (Phi) is 7.73. The molecule has 1 aliphatic rings. The van der Waals surface area contributed by atoms with Gasteiger partial charge in [0.25, 0.3) is 0 Å². The van der Waals surface area contributed by atoms with Crippen molar-refractivity contribution >= 4 is 34.8 Å². The number of hydrogen-bond acceptors (Lipinski definition) is 3. The number of ether oxygens (including phenoxy) is 1. The third kappa shape index (κ3) is 6.19. The third-order valence-electron chi connectivity index (χ3n) is 4.32. The topological polar surface area (TPSA) is 50.7 Å². The quantitative estimate of drug-likeness (QED) is 0.374. The number of rotatable bonds is 7. The molecule has 1 unspecified atom stereocenters. The van der Waals surface area contributed by atoms with Crippen molar-refractivity contribution in [2.45, 2.75) is 39.5 Å². The van der Waals surface area contributed by atoms with Crippen LogP contribution in [0.2, 0.25) is 10.0 Å². The predicted octanol–water partition coefficient (Wildman–Crippen LogP) is 5.56. The van der Waals surface area contributed by atoms with E-state index in [1.165, 1.54) is 0 Å². The molecule has 26 heavy (non-hydrogen) atoms. The van der Waals surface area contributed by atoms with Crippen LogP contribution >= 0.6 is 23.2 Å². The molecule has 1 aliphatic carbocycles. The highest BCUT2D eigenvalue weighted by atomic mass is 35.5. The van der Waals surface area contributed by atoms with Gasteiger partial charge in [-0.15, -0.1) is 0 Å². The van der Waals surface area contributed by atoms with E-state index in [1.54, 1.807) is 18.2 Å². The first-order chi connectivity index (χ1) is 12.4. The van der Waals surface area contributed by atoms with Crippen LogP contribution in [0.4, 0.5) is 0 Å². The van der Waals surface area contributed by atoms with Crippen molar-refractivity contribution in [3.05, 3.63) is 52.0 Å². The molecule has 0 bridgehead atoms. The van der Waals surface area contributed by atoms with Crippen LogP contribution in [0.15, 0.2) is 47.1 Å². The van der Waals surface area contributed by atoms with E-state index in [2.05, 4.69) is 23.2 Å². The first kappa shape index (κ1) is 20.5. The van der Waals surface area contributed by atoms with E-state index in [0.717, 1.165) is 29.7 Å². The summed E-state index contributed by atoms with van der Waals surface area (Å²) in [6.45, 7) is 8.46.